The minimum absolute atomic E-state index is 0.193. The first kappa shape index (κ1) is 19.2. The molecule has 9 heteroatoms. The SMILES string of the molecule is COc1cc(N(N)C(=O)N(N)c2ccccc2)c(OC)c(OC)c1OC. The van der Waals surface area contributed by atoms with Gasteiger partial charge in [-0.1, -0.05) is 18.2 Å². The van der Waals surface area contributed by atoms with Crippen molar-refractivity contribution in [1.82, 2.24) is 0 Å². The molecule has 0 unspecified atom stereocenters. The lowest BCUT2D eigenvalue weighted by atomic mass is 10.2. The van der Waals surface area contributed by atoms with Gasteiger partial charge in [0, 0.05) is 6.07 Å². The van der Waals surface area contributed by atoms with Crippen LogP contribution in [-0.2, 0) is 0 Å². The van der Waals surface area contributed by atoms with Gasteiger partial charge in [0.25, 0.3) is 0 Å². The van der Waals surface area contributed by atoms with E-state index in [0.29, 0.717) is 17.2 Å². The van der Waals surface area contributed by atoms with Crippen LogP contribution < -0.4 is 40.7 Å². The summed E-state index contributed by atoms with van der Waals surface area (Å²) >= 11 is 0. The number of nitrogens with zero attached hydrogens (tertiary/aromatic N) is 2. The molecule has 0 heterocycles. The summed E-state index contributed by atoms with van der Waals surface area (Å²) in [7, 11) is 5.77. The maximum atomic E-state index is 12.7. The van der Waals surface area contributed by atoms with Crippen LogP contribution in [-0.4, -0.2) is 34.5 Å². The molecule has 9 nitrogen and oxygen atoms in total. The Morgan fingerprint density at radius 2 is 1.38 bits per heavy atom. The van der Waals surface area contributed by atoms with Crippen LogP contribution in [0.3, 0.4) is 0 Å². The number of hydrazine groups is 2. The molecule has 0 spiro atoms. The van der Waals surface area contributed by atoms with E-state index in [9.17, 15) is 4.79 Å². The lowest BCUT2D eigenvalue weighted by molar-refractivity contribution is 0.251. The van der Waals surface area contributed by atoms with Crippen molar-refractivity contribution in [3.63, 3.8) is 0 Å². The zero-order chi connectivity index (χ0) is 19.3. The van der Waals surface area contributed by atoms with Gasteiger partial charge in [-0.3, -0.25) is 0 Å². The molecule has 0 atom stereocenters. The van der Waals surface area contributed by atoms with Crippen molar-refractivity contribution in [2.45, 2.75) is 0 Å². The van der Waals surface area contributed by atoms with Crippen LogP contribution >= 0.6 is 0 Å². The normalized spacial score (nSPS) is 10.1. The molecule has 2 rings (SSSR count). The highest BCUT2D eigenvalue weighted by Crippen LogP contribution is 2.49. The fraction of sp³-hybridized carbons (Fsp3) is 0.235. The average Bonchev–Trinajstić information content (AvgIpc) is 2.70. The molecular formula is C17H22N4O5. The number of hydrogen-bond acceptors (Lipinski definition) is 7. The van der Waals surface area contributed by atoms with E-state index < -0.39 is 6.03 Å². The minimum atomic E-state index is -0.691. The standard InChI is InChI=1S/C17H22N4O5/c1-23-13-10-12(14(24-2)16(26-4)15(13)25-3)21(19)17(22)20(18)11-8-6-5-7-9-11/h5-10H,18-19H2,1-4H3. The lowest BCUT2D eigenvalue weighted by Crippen LogP contribution is -2.51. The quantitative estimate of drug-likeness (QED) is 0.458. The number of carbonyl (C=O) groups is 1. The first-order valence-electron chi connectivity index (χ1n) is 7.55. The van der Waals surface area contributed by atoms with Gasteiger partial charge in [0.1, 0.15) is 5.69 Å². The van der Waals surface area contributed by atoms with Gasteiger partial charge < -0.3 is 18.9 Å². The summed E-state index contributed by atoms with van der Waals surface area (Å²) < 4.78 is 21.3. The highest BCUT2D eigenvalue weighted by atomic mass is 16.5. The van der Waals surface area contributed by atoms with Crippen LogP contribution in [0.2, 0.25) is 0 Å². The molecular weight excluding hydrogens is 340 g/mol. The number of para-hydroxylation sites is 1. The second kappa shape index (κ2) is 8.28. The number of rotatable bonds is 6. The third-order valence-corrected chi connectivity index (χ3v) is 3.68. The first-order chi connectivity index (χ1) is 12.5. The van der Waals surface area contributed by atoms with E-state index >= 15 is 0 Å². The lowest BCUT2D eigenvalue weighted by Gasteiger charge is -2.26. The topological polar surface area (TPSA) is 113 Å². The monoisotopic (exact) mass is 362 g/mol. The predicted octanol–water partition coefficient (Wildman–Crippen LogP) is 1.90. The molecule has 2 amide bonds. The average molecular weight is 362 g/mol. The molecule has 0 radical (unpaired) electrons. The molecule has 0 aliphatic carbocycles. The van der Waals surface area contributed by atoms with Crippen molar-refractivity contribution in [3.8, 4) is 23.0 Å². The van der Waals surface area contributed by atoms with E-state index in [1.165, 1.54) is 34.5 Å². The molecule has 2 aromatic carbocycles. The Labute approximate surface area is 151 Å². The zero-order valence-corrected chi connectivity index (χ0v) is 15.1. The number of amides is 2. The highest BCUT2D eigenvalue weighted by Gasteiger charge is 2.28. The molecule has 0 saturated carbocycles. The van der Waals surface area contributed by atoms with E-state index in [2.05, 4.69) is 0 Å². The molecule has 2 aromatic rings. The maximum Gasteiger partial charge on any atom is 0.357 e. The molecule has 140 valence electrons. The molecule has 0 saturated heterocycles. The van der Waals surface area contributed by atoms with Gasteiger partial charge in [-0.15, -0.1) is 0 Å². The second-order valence-electron chi connectivity index (χ2n) is 5.06. The predicted molar refractivity (Wildman–Crippen MR) is 97.8 cm³/mol. The van der Waals surface area contributed by atoms with Gasteiger partial charge in [0.2, 0.25) is 11.5 Å². The Hall–Kier alpha value is -3.17. The highest BCUT2D eigenvalue weighted by molar-refractivity contribution is 6.03. The van der Waals surface area contributed by atoms with Crippen molar-refractivity contribution < 1.29 is 23.7 Å². The number of benzene rings is 2. The molecule has 0 fully saturated rings. The third kappa shape index (κ3) is 3.44. The largest absolute Gasteiger partial charge is 0.493 e. The van der Waals surface area contributed by atoms with Gasteiger partial charge in [-0.2, -0.15) is 0 Å². The van der Waals surface area contributed by atoms with Gasteiger partial charge in [0.15, 0.2) is 11.5 Å². The van der Waals surface area contributed by atoms with Crippen LogP contribution in [0, 0.1) is 0 Å². The molecule has 0 aliphatic rings. The number of anilines is 2. The van der Waals surface area contributed by atoms with Gasteiger partial charge >= 0.3 is 6.03 Å². The summed E-state index contributed by atoms with van der Waals surface area (Å²) in [5.74, 6) is 13.0. The molecule has 0 aliphatic heterocycles. The summed E-state index contributed by atoms with van der Waals surface area (Å²) in [6.45, 7) is 0. The maximum absolute atomic E-state index is 12.7. The Kier molecular flexibility index (Phi) is 6.10. The van der Waals surface area contributed by atoms with E-state index in [1.807, 2.05) is 6.07 Å². The van der Waals surface area contributed by atoms with Crippen molar-refractivity contribution in [2.24, 2.45) is 11.7 Å². The number of hydrogen-bond donors (Lipinski definition) is 2. The van der Waals surface area contributed by atoms with Crippen molar-refractivity contribution in [1.29, 1.82) is 0 Å². The third-order valence-electron chi connectivity index (χ3n) is 3.68. The van der Waals surface area contributed by atoms with E-state index in [-0.39, 0.29) is 17.2 Å². The molecule has 0 aromatic heterocycles. The van der Waals surface area contributed by atoms with Crippen LogP contribution in [0.5, 0.6) is 23.0 Å². The number of urea groups is 1. The fourth-order valence-corrected chi connectivity index (χ4v) is 2.41. The molecule has 0 bridgehead atoms. The van der Waals surface area contributed by atoms with Crippen molar-refractivity contribution in [2.75, 3.05) is 38.5 Å². The first-order valence-corrected chi connectivity index (χ1v) is 7.55. The summed E-state index contributed by atoms with van der Waals surface area (Å²) in [4.78, 5) is 12.7. The van der Waals surface area contributed by atoms with Crippen LogP contribution in [0.25, 0.3) is 0 Å². The summed E-state index contributed by atoms with van der Waals surface area (Å²) in [5.41, 5.74) is 0.665. The van der Waals surface area contributed by atoms with E-state index in [4.69, 9.17) is 30.6 Å². The van der Waals surface area contributed by atoms with Crippen LogP contribution in [0.15, 0.2) is 36.4 Å². The molecule has 4 N–H and O–H groups in total. The molecule has 26 heavy (non-hydrogen) atoms. The number of ether oxygens (including phenoxy) is 4. The van der Waals surface area contributed by atoms with Gasteiger partial charge in [-0.05, 0) is 12.1 Å². The number of nitrogens with two attached hydrogens (primary N) is 2. The Morgan fingerprint density at radius 3 is 1.88 bits per heavy atom. The number of carbonyl (C=O) groups excluding carboxylic acids is 1. The Bertz CT molecular complexity index is 769. The van der Waals surface area contributed by atoms with E-state index in [0.717, 1.165) is 10.0 Å². The zero-order valence-electron chi connectivity index (χ0n) is 15.1. The summed E-state index contributed by atoms with van der Waals surface area (Å²) in [6, 6.07) is 9.48. The number of methoxy groups -OCH3 is 4. The Balaban J connectivity index is 2.50. The van der Waals surface area contributed by atoms with Gasteiger partial charge in [0.05, 0.1) is 34.1 Å². The van der Waals surface area contributed by atoms with Crippen molar-refractivity contribution in [3.05, 3.63) is 36.4 Å². The Morgan fingerprint density at radius 1 is 0.808 bits per heavy atom. The van der Waals surface area contributed by atoms with Gasteiger partial charge in [-0.25, -0.2) is 26.5 Å². The fourth-order valence-electron chi connectivity index (χ4n) is 2.41. The van der Waals surface area contributed by atoms with Crippen LogP contribution in [0.4, 0.5) is 16.2 Å². The summed E-state index contributed by atoms with van der Waals surface area (Å²) in [5, 5.41) is 1.76. The van der Waals surface area contributed by atoms with Crippen molar-refractivity contribution >= 4 is 17.4 Å². The smallest absolute Gasteiger partial charge is 0.357 e. The summed E-state index contributed by atoms with van der Waals surface area (Å²) in [6.07, 6.45) is 0. The van der Waals surface area contributed by atoms with E-state index in [1.54, 1.807) is 24.3 Å². The second-order valence-corrected chi connectivity index (χ2v) is 5.06. The minimum Gasteiger partial charge on any atom is -0.493 e. The van der Waals surface area contributed by atoms with Crippen LogP contribution in [0.1, 0.15) is 0 Å².